The molecule has 2 aromatic carbocycles. The number of hydrogen-bond acceptors (Lipinski definition) is 7. The molecule has 5 rings (SSSR count). The highest BCUT2D eigenvalue weighted by Gasteiger charge is 2.27. The second kappa shape index (κ2) is 7.19. The van der Waals surface area contributed by atoms with Gasteiger partial charge in [0, 0.05) is 6.04 Å². The van der Waals surface area contributed by atoms with E-state index in [2.05, 4.69) is 20.6 Å². The number of rotatable bonds is 5. The third kappa shape index (κ3) is 3.03. The van der Waals surface area contributed by atoms with Gasteiger partial charge in [-0.15, -0.1) is 16.4 Å². The topological polar surface area (TPSA) is 89.2 Å². The van der Waals surface area contributed by atoms with Gasteiger partial charge in [0.25, 0.3) is 0 Å². The van der Waals surface area contributed by atoms with E-state index >= 15 is 0 Å². The van der Waals surface area contributed by atoms with E-state index in [-0.39, 0.29) is 21.6 Å². The van der Waals surface area contributed by atoms with Gasteiger partial charge in [0.1, 0.15) is 5.82 Å². The zero-order valence-electron chi connectivity index (χ0n) is 15.9. The van der Waals surface area contributed by atoms with Crippen LogP contribution in [0, 0.1) is 0 Å². The van der Waals surface area contributed by atoms with Crippen molar-refractivity contribution in [1.82, 2.24) is 19.8 Å². The first kappa shape index (κ1) is 18.7. The molecule has 0 aliphatic rings. The number of hydrogen-bond donors (Lipinski definition) is 1. The average molecular weight is 436 g/mol. The molecule has 3 aromatic heterocycles. The molecule has 0 aliphatic heterocycles. The number of nitrogens with zero attached hydrogens (tertiary/aromatic N) is 4. The van der Waals surface area contributed by atoms with Crippen LogP contribution < -0.4 is 5.32 Å². The lowest BCUT2D eigenvalue weighted by atomic mass is 10.1. The van der Waals surface area contributed by atoms with Gasteiger partial charge >= 0.3 is 0 Å². The minimum Gasteiger partial charge on any atom is -0.362 e. The quantitative estimate of drug-likeness (QED) is 0.442. The van der Waals surface area contributed by atoms with Gasteiger partial charge in [0.05, 0.1) is 15.1 Å². The smallest absolute Gasteiger partial charge is 0.229 e. The molecular formula is C21H17N5O2S2. The Bertz CT molecular complexity index is 1440. The molecule has 1 N–H and O–H groups in total. The van der Waals surface area contributed by atoms with Crippen molar-refractivity contribution >= 4 is 42.9 Å². The summed E-state index contributed by atoms with van der Waals surface area (Å²) in [5, 5.41) is 13.3. The zero-order valence-corrected chi connectivity index (χ0v) is 17.6. The highest BCUT2D eigenvalue weighted by Crippen LogP contribution is 2.32. The van der Waals surface area contributed by atoms with Crippen LogP contribution >= 0.6 is 11.3 Å². The average Bonchev–Trinajstić information content (AvgIpc) is 3.42. The van der Waals surface area contributed by atoms with Crippen molar-refractivity contribution in [2.45, 2.75) is 22.9 Å². The SMILES string of the molecule is C[C@@H](Nc1nc2c(S(=O)(=O)c3ccccc3)nnn2c2ccsc12)c1ccccc1. The van der Waals surface area contributed by atoms with Gasteiger partial charge in [0.15, 0.2) is 5.65 Å². The number of aromatic nitrogens is 4. The molecule has 0 saturated carbocycles. The second-order valence-electron chi connectivity index (χ2n) is 6.82. The normalized spacial score (nSPS) is 13.0. The van der Waals surface area contributed by atoms with Crippen LogP contribution in [0.5, 0.6) is 0 Å². The fourth-order valence-corrected chi connectivity index (χ4v) is 5.42. The summed E-state index contributed by atoms with van der Waals surface area (Å²) in [5.74, 6) is 0.607. The van der Waals surface area contributed by atoms with Gasteiger partial charge in [-0.1, -0.05) is 53.7 Å². The van der Waals surface area contributed by atoms with Crippen LogP contribution in [0.4, 0.5) is 5.82 Å². The maximum Gasteiger partial charge on any atom is 0.229 e. The summed E-state index contributed by atoms with van der Waals surface area (Å²) in [6.45, 7) is 2.04. The number of anilines is 1. The minimum absolute atomic E-state index is 0.0171. The number of thiophene rings is 1. The first-order valence-electron chi connectivity index (χ1n) is 9.30. The van der Waals surface area contributed by atoms with Crippen LogP contribution in [0.25, 0.3) is 15.9 Å². The molecule has 9 heteroatoms. The monoisotopic (exact) mass is 435 g/mol. The molecule has 0 fully saturated rings. The van der Waals surface area contributed by atoms with Crippen molar-refractivity contribution in [3.8, 4) is 0 Å². The fourth-order valence-electron chi connectivity index (χ4n) is 3.34. The lowest BCUT2D eigenvalue weighted by Crippen LogP contribution is -2.10. The number of sulfone groups is 1. The van der Waals surface area contributed by atoms with Crippen molar-refractivity contribution in [2.75, 3.05) is 5.32 Å². The summed E-state index contributed by atoms with van der Waals surface area (Å²) in [4.78, 5) is 4.81. The Kier molecular flexibility index (Phi) is 4.48. The number of fused-ring (bicyclic) bond motifs is 3. The second-order valence-corrected chi connectivity index (χ2v) is 9.60. The number of benzene rings is 2. The van der Waals surface area contributed by atoms with Crippen LogP contribution in [0.2, 0.25) is 0 Å². The summed E-state index contributed by atoms with van der Waals surface area (Å²) in [5.41, 5.74) is 2.06. The Morgan fingerprint density at radius 3 is 2.43 bits per heavy atom. The van der Waals surface area contributed by atoms with Crippen molar-refractivity contribution in [3.63, 3.8) is 0 Å². The van der Waals surface area contributed by atoms with E-state index in [1.165, 1.54) is 15.9 Å². The van der Waals surface area contributed by atoms with Gasteiger partial charge in [-0.3, -0.25) is 0 Å². The number of nitrogens with one attached hydrogen (secondary N) is 1. The molecule has 0 saturated heterocycles. The van der Waals surface area contributed by atoms with E-state index in [4.69, 9.17) is 0 Å². The van der Waals surface area contributed by atoms with E-state index in [0.717, 1.165) is 15.8 Å². The van der Waals surface area contributed by atoms with Gasteiger partial charge in [-0.2, -0.15) is 4.52 Å². The van der Waals surface area contributed by atoms with Crippen molar-refractivity contribution < 1.29 is 8.42 Å². The van der Waals surface area contributed by atoms with Gasteiger partial charge in [0.2, 0.25) is 14.9 Å². The predicted molar refractivity (Wildman–Crippen MR) is 117 cm³/mol. The molecule has 0 spiro atoms. The largest absolute Gasteiger partial charge is 0.362 e. The predicted octanol–water partition coefficient (Wildman–Crippen LogP) is 4.34. The van der Waals surface area contributed by atoms with E-state index in [0.29, 0.717) is 5.82 Å². The van der Waals surface area contributed by atoms with Gasteiger partial charge < -0.3 is 5.32 Å². The van der Waals surface area contributed by atoms with Crippen molar-refractivity contribution in [1.29, 1.82) is 0 Å². The van der Waals surface area contributed by atoms with Crippen LogP contribution in [0.3, 0.4) is 0 Å². The molecule has 0 aliphatic carbocycles. The molecule has 0 radical (unpaired) electrons. The molecule has 7 nitrogen and oxygen atoms in total. The zero-order chi connectivity index (χ0) is 20.7. The fraction of sp³-hybridized carbons (Fsp3) is 0.0952. The Morgan fingerprint density at radius 1 is 1.00 bits per heavy atom. The molecule has 5 aromatic rings. The van der Waals surface area contributed by atoms with E-state index in [9.17, 15) is 8.42 Å². The molecule has 30 heavy (non-hydrogen) atoms. The lowest BCUT2D eigenvalue weighted by molar-refractivity contribution is 0.592. The summed E-state index contributed by atoms with van der Waals surface area (Å²) in [6.07, 6.45) is 0. The molecule has 1 atom stereocenters. The molecule has 0 amide bonds. The van der Waals surface area contributed by atoms with Gasteiger partial charge in [-0.05, 0) is 36.1 Å². The summed E-state index contributed by atoms with van der Waals surface area (Å²) < 4.78 is 28.7. The summed E-state index contributed by atoms with van der Waals surface area (Å²) >= 11 is 1.52. The highest BCUT2D eigenvalue weighted by atomic mass is 32.2. The maximum absolute atomic E-state index is 13.2. The highest BCUT2D eigenvalue weighted by molar-refractivity contribution is 7.91. The first-order chi connectivity index (χ1) is 14.6. The standard InChI is InChI=1S/C21H17N5O2S2/c1-14(15-8-4-2-5-9-15)22-19-18-17(12-13-29-18)26-20(23-19)21(24-25-26)30(27,28)16-10-6-3-7-11-16/h2-14H,1H3,(H,22,23)/t14-/m1/s1. The van der Waals surface area contributed by atoms with Gasteiger partial charge in [-0.25, -0.2) is 13.4 Å². The van der Waals surface area contributed by atoms with Crippen molar-refractivity contribution in [3.05, 3.63) is 77.7 Å². The third-order valence-electron chi connectivity index (χ3n) is 4.88. The van der Waals surface area contributed by atoms with Crippen molar-refractivity contribution in [2.24, 2.45) is 0 Å². The Morgan fingerprint density at radius 2 is 1.70 bits per heavy atom. The Hall–Kier alpha value is -3.30. The van der Waals surface area contributed by atoms with Crippen LogP contribution in [-0.2, 0) is 9.84 Å². The Labute approximate surface area is 176 Å². The molecule has 0 unspecified atom stereocenters. The molecule has 0 bridgehead atoms. The van der Waals surface area contributed by atoms with E-state index in [1.54, 1.807) is 30.3 Å². The van der Waals surface area contributed by atoms with E-state index in [1.807, 2.05) is 48.7 Å². The molecule has 150 valence electrons. The summed E-state index contributed by atoms with van der Waals surface area (Å²) in [6, 6.07) is 20.1. The third-order valence-corrected chi connectivity index (χ3v) is 7.46. The van der Waals surface area contributed by atoms with Crippen LogP contribution in [-0.4, -0.2) is 28.2 Å². The molecule has 3 heterocycles. The van der Waals surface area contributed by atoms with E-state index < -0.39 is 9.84 Å². The summed E-state index contributed by atoms with van der Waals surface area (Å²) in [7, 11) is -3.85. The van der Waals surface area contributed by atoms with Crippen LogP contribution in [0.15, 0.2) is 82.0 Å². The maximum atomic E-state index is 13.2. The lowest BCUT2D eigenvalue weighted by Gasteiger charge is -2.15. The minimum atomic E-state index is -3.85. The molecular weight excluding hydrogens is 418 g/mol. The Balaban J connectivity index is 1.67. The first-order valence-corrected chi connectivity index (χ1v) is 11.7. The van der Waals surface area contributed by atoms with Crippen LogP contribution in [0.1, 0.15) is 18.5 Å².